The average molecular weight is 419 g/mol. The lowest BCUT2D eigenvalue weighted by molar-refractivity contribution is -0.914. The van der Waals surface area contributed by atoms with Crippen molar-refractivity contribution in [3.05, 3.63) is 63.9 Å². The minimum absolute atomic E-state index is 0.108. The van der Waals surface area contributed by atoms with Crippen molar-refractivity contribution in [2.75, 3.05) is 40.5 Å². The summed E-state index contributed by atoms with van der Waals surface area (Å²) in [6.45, 7) is 3.13. The van der Waals surface area contributed by atoms with E-state index in [2.05, 4.69) is 0 Å². The summed E-state index contributed by atoms with van der Waals surface area (Å²) in [5.74, 6) is 0.551. The highest BCUT2D eigenvalue weighted by Crippen LogP contribution is 2.39. The van der Waals surface area contributed by atoms with Gasteiger partial charge >= 0.3 is 0 Å². The summed E-state index contributed by atoms with van der Waals surface area (Å²) in [6.07, 6.45) is 1.68. The molecule has 7 heteroatoms. The molecule has 0 radical (unpaired) electrons. The molecule has 6 nitrogen and oxygen atoms in total. The Balaban J connectivity index is 1.88. The molecule has 154 valence electrons. The molecule has 0 fully saturated rings. The summed E-state index contributed by atoms with van der Waals surface area (Å²) >= 11 is 5.92. The van der Waals surface area contributed by atoms with E-state index < -0.39 is 0 Å². The van der Waals surface area contributed by atoms with Crippen molar-refractivity contribution in [1.82, 2.24) is 0 Å². The number of hydrogen-bond acceptors (Lipinski definition) is 5. The molecule has 29 heavy (non-hydrogen) atoms. The number of halogens is 1. The van der Waals surface area contributed by atoms with Gasteiger partial charge in [-0.05, 0) is 35.9 Å². The van der Waals surface area contributed by atoms with E-state index in [4.69, 9.17) is 25.8 Å². The first-order valence-corrected chi connectivity index (χ1v) is 9.77. The fourth-order valence-electron chi connectivity index (χ4n) is 3.22. The van der Waals surface area contributed by atoms with Gasteiger partial charge in [-0.2, -0.15) is 0 Å². The van der Waals surface area contributed by atoms with Crippen LogP contribution in [-0.2, 0) is 16.0 Å². The van der Waals surface area contributed by atoms with Crippen molar-refractivity contribution in [2.45, 2.75) is 6.54 Å². The minimum atomic E-state index is -0.202. The Bertz CT molecular complexity index is 887. The second-order valence-corrected chi connectivity index (χ2v) is 7.28. The number of fused-ring (bicyclic) bond motifs is 1. The van der Waals surface area contributed by atoms with Crippen LogP contribution in [0.1, 0.15) is 21.5 Å². The molecular weight excluding hydrogens is 394 g/mol. The normalized spacial score (nSPS) is 14.5. The third-order valence-corrected chi connectivity index (χ3v) is 5.08. The van der Waals surface area contributed by atoms with Crippen LogP contribution in [0.5, 0.6) is 11.5 Å². The van der Waals surface area contributed by atoms with Gasteiger partial charge in [0.1, 0.15) is 25.4 Å². The van der Waals surface area contributed by atoms with Crippen molar-refractivity contribution in [2.24, 2.45) is 0 Å². The fourth-order valence-corrected chi connectivity index (χ4v) is 3.35. The number of allylic oxidation sites excluding steroid dienone is 1. The van der Waals surface area contributed by atoms with Gasteiger partial charge < -0.3 is 24.2 Å². The van der Waals surface area contributed by atoms with Crippen LogP contribution in [0, 0.1) is 0 Å². The number of hydrogen-bond donors (Lipinski definition) is 2. The highest BCUT2D eigenvalue weighted by molar-refractivity contribution is 6.30. The van der Waals surface area contributed by atoms with Crippen LogP contribution in [0.3, 0.4) is 0 Å². The number of methoxy groups -OCH3 is 2. The molecule has 3 rings (SSSR count). The molecule has 0 saturated heterocycles. The van der Waals surface area contributed by atoms with E-state index in [9.17, 15) is 9.90 Å². The van der Waals surface area contributed by atoms with E-state index in [0.29, 0.717) is 41.7 Å². The zero-order valence-corrected chi connectivity index (χ0v) is 17.3. The Labute approximate surface area is 175 Å². The number of benzene rings is 2. The molecule has 2 aromatic carbocycles. The predicted molar refractivity (Wildman–Crippen MR) is 111 cm³/mol. The highest BCUT2D eigenvalue weighted by atomic mass is 35.5. The van der Waals surface area contributed by atoms with Gasteiger partial charge in [0, 0.05) is 19.2 Å². The SMILES string of the molecule is COCC[NH+](CCOC)Cc1c(O)ccc2c1O/C(=C\c1ccc(Cl)cc1)C2=O. The molecule has 0 spiro atoms. The number of ketones is 1. The highest BCUT2D eigenvalue weighted by Gasteiger charge is 2.32. The molecule has 0 bridgehead atoms. The van der Waals surface area contributed by atoms with Crippen molar-refractivity contribution >= 4 is 23.5 Å². The zero-order valence-electron chi connectivity index (χ0n) is 16.5. The number of aromatic hydroxyl groups is 1. The maximum Gasteiger partial charge on any atom is 0.231 e. The first-order valence-electron chi connectivity index (χ1n) is 9.39. The summed E-state index contributed by atoms with van der Waals surface area (Å²) in [5.41, 5.74) is 1.87. The Kier molecular flexibility index (Phi) is 7.28. The molecule has 1 heterocycles. The third kappa shape index (κ3) is 5.16. The molecule has 2 aromatic rings. The largest absolute Gasteiger partial charge is 0.507 e. The topological polar surface area (TPSA) is 69.4 Å². The lowest BCUT2D eigenvalue weighted by atomic mass is 10.0. The van der Waals surface area contributed by atoms with Crippen LogP contribution in [0.15, 0.2) is 42.2 Å². The Morgan fingerprint density at radius 2 is 1.72 bits per heavy atom. The summed E-state index contributed by atoms with van der Waals surface area (Å²) in [7, 11) is 3.31. The quantitative estimate of drug-likeness (QED) is 0.612. The van der Waals surface area contributed by atoms with Gasteiger partial charge in [-0.1, -0.05) is 23.7 Å². The molecule has 0 atom stereocenters. The average Bonchev–Trinajstić information content (AvgIpc) is 3.03. The molecule has 2 N–H and O–H groups in total. The molecule has 0 amide bonds. The number of rotatable bonds is 9. The lowest BCUT2D eigenvalue weighted by Crippen LogP contribution is -3.11. The number of carbonyl (C=O) groups is 1. The summed E-state index contributed by atoms with van der Waals surface area (Å²) in [5, 5.41) is 11.1. The monoisotopic (exact) mass is 418 g/mol. The van der Waals surface area contributed by atoms with Crippen LogP contribution in [-0.4, -0.2) is 51.4 Å². The van der Waals surface area contributed by atoms with Crippen molar-refractivity contribution in [3.8, 4) is 11.5 Å². The number of carbonyl (C=O) groups excluding carboxylic acids is 1. The molecule has 0 saturated carbocycles. The van der Waals surface area contributed by atoms with Crippen LogP contribution in [0.4, 0.5) is 0 Å². The van der Waals surface area contributed by atoms with Gasteiger partial charge in [0.05, 0.1) is 24.3 Å². The standard InChI is InChI=1S/C22H24ClNO5/c1-27-11-9-24(10-12-28-2)14-18-19(25)8-7-17-21(26)20(29-22(17)18)13-15-3-5-16(23)6-4-15/h3-8,13,25H,9-12,14H2,1-2H3/p+1/b20-13-. The first kappa shape index (κ1) is 21.3. The number of phenols is 1. The summed E-state index contributed by atoms with van der Waals surface area (Å²) < 4.78 is 16.3. The van der Waals surface area contributed by atoms with E-state index in [1.54, 1.807) is 44.6 Å². The molecule has 0 aromatic heterocycles. The Morgan fingerprint density at radius 1 is 1.07 bits per heavy atom. The molecular formula is C22H25ClNO5+. The van der Waals surface area contributed by atoms with Crippen LogP contribution < -0.4 is 9.64 Å². The van der Waals surface area contributed by atoms with E-state index in [0.717, 1.165) is 23.6 Å². The second-order valence-electron chi connectivity index (χ2n) is 6.84. The van der Waals surface area contributed by atoms with E-state index in [1.165, 1.54) is 0 Å². The van der Waals surface area contributed by atoms with E-state index in [1.807, 2.05) is 12.1 Å². The first-order chi connectivity index (χ1) is 14.0. The Hall–Kier alpha value is -2.38. The Morgan fingerprint density at radius 3 is 2.34 bits per heavy atom. The molecule has 0 aliphatic carbocycles. The number of Topliss-reactive ketones (excluding diaryl/α,β-unsaturated/α-hetero) is 1. The van der Waals surface area contributed by atoms with E-state index >= 15 is 0 Å². The van der Waals surface area contributed by atoms with Crippen LogP contribution in [0.25, 0.3) is 6.08 Å². The molecule has 1 aliphatic heterocycles. The minimum Gasteiger partial charge on any atom is -0.507 e. The number of quaternary nitrogens is 1. The maximum atomic E-state index is 12.8. The van der Waals surface area contributed by atoms with Gasteiger partial charge in [-0.3, -0.25) is 4.79 Å². The van der Waals surface area contributed by atoms with Gasteiger partial charge in [0.25, 0.3) is 0 Å². The summed E-state index contributed by atoms with van der Waals surface area (Å²) in [6, 6.07) is 10.3. The zero-order chi connectivity index (χ0) is 20.8. The lowest BCUT2D eigenvalue weighted by Gasteiger charge is -2.20. The number of phenolic OH excluding ortho intramolecular Hbond substituents is 1. The van der Waals surface area contributed by atoms with Crippen molar-refractivity contribution < 1.29 is 29.0 Å². The smallest absolute Gasteiger partial charge is 0.231 e. The molecule has 1 aliphatic rings. The third-order valence-electron chi connectivity index (χ3n) is 4.83. The number of ether oxygens (including phenoxy) is 3. The summed E-state index contributed by atoms with van der Waals surface area (Å²) in [4.78, 5) is 14.0. The van der Waals surface area contributed by atoms with Crippen molar-refractivity contribution in [3.63, 3.8) is 0 Å². The maximum absolute atomic E-state index is 12.8. The van der Waals surface area contributed by atoms with Crippen LogP contribution >= 0.6 is 11.6 Å². The van der Waals surface area contributed by atoms with Gasteiger partial charge in [-0.25, -0.2) is 0 Å². The van der Waals surface area contributed by atoms with Crippen LogP contribution in [0.2, 0.25) is 5.02 Å². The van der Waals surface area contributed by atoms with Gasteiger partial charge in [0.15, 0.2) is 11.5 Å². The predicted octanol–water partition coefficient (Wildman–Crippen LogP) is 2.34. The van der Waals surface area contributed by atoms with Gasteiger partial charge in [0.2, 0.25) is 5.78 Å². The van der Waals surface area contributed by atoms with Crippen molar-refractivity contribution in [1.29, 1.82) is 0 Å². The molecule has 0 unspecified atom stereocenters. The fraction of sp³-hybridized carbons (Fsp3) is 0.318. The number of nitrogens with one attached hydrogen (secondary N) is 1. The second kappa shape index (κ2) is 9.89. The van der Waals surface area contributed by atoms with E-state index in [-0.39, 0.29) is 17.3 Å². The van der Waals surface area contributed by atoms with Gasteiger partial charge in [-0.15, -0.1) is 0 Å².